The van der Waals surface area contributed by atoms with E-state index in [-0.39, 0.29) is 24.4 Å². The van der Waals surface area contributed by atoms with Crippen molar-refractivity contribution in [2.75, 3.05) is 39.5 Å². The van der Waals surface area contributed by atoms with Gasteiger partial charge in [-0.1, -0.05) is 24.3 Å². The Morgan fingerprint density at radius 1 is 1.03 bits per heavy atom. The number of rotatable bonds is 6. The van der Waals surface area contributed by atoms with Crippen LogP contribution < -0.4 is 0 Å². The summed E-state index contributed by atoms with van der Waals surface area (Å²) in [7, 11) is 0. The van der Waals surface area contributed by atoms with Gasteiger partial charge in [0.15, 0.2) is 0 Å². The Bertz CT molecular complexity index is 1410. The van der Waals surface area contributed by atoms with Gasteiger partial charge in [-0.25, -0.2) is 14.2 Å². The first-order chi connectivity index (χ1) is 17.3. The summed E-state index contributed by atoms with van der Waals surface area (Å²) in [5.41, 5.74) is 0.525. The van der Waals surface area contributed by atoms with Crippen molar-refractivity contribution < 1.29 is 31.8 Å². The molecule has 1 aliphatic heterocycles. The third kappa shape index (κ3) is 4.91. The number of aromatic nitrogens is 2. The number of alkyl halides is 3. The molecule has 1 fully saturated rings. The maximum atomic E-state index is 13.8. The van der Waals surface area contributed by atoms with Crippen LogP contribution in [-0.4, -0.2) is 59.9 Å². The smallest absolute Gasteiger partial charge is 0.419 e. The van der Waals surface area contributed by atoms with E-state index in [1.807, 2.05) is 24.3 Å². The lowest BCUT2D eigenvalue weighted by Gasteiger charge is -2.26. The minimum Gasteiger partial charge on any atom is -0.460 e. The van der Waals surface area contributed by atoms with Crippen LogP contribution in [0, 0.1) is 5.82 Å². The second-order valence-electron chi connectivity index (χ2n) is 8.59. The molecule has 2 aromatic carbocycles. The van der Waals surface area contributed by atoms with Crippen molar-refractivity contribution >= 4 is 27.8 Å². The Kier molecular flexibility index (Phi) is 6.63. The molecule has 0 radical (unpaired) electrons. The lowest BCUT2D eigenvalue weighted by atomic mass is 10.1. The lowest BCUT2D eigenvalue weighted by molar-refractivity contribution is -0.140. The maximum Gasteiger partial charge on any atom is 0.419 e. The number of hydrogen-bond donors (Lipinski definition) is 0. The summed E-state index contributed by atoms with van der Waals surface area (Å²) in [6.07, 6.45) is -3.28. The quantitative estimate of drug-likeness (QED) is 0.278. The number of hydrogen-bond acceptors (Lipinski definition) is 5. The highest BCUT2D eigenvalue weighted by Gasteiger charge is 2.34. The molecule has 3 heterocycles. The molecule has 0 saturated carbocycles. The molecule has 0 atom stereocenters. The third-order valence-corrected chi connectivity index (χ3v) is 6.29. The van der Waals surface area contributed by atoms with Gasteiger partial charge in [-0.05, 0) is 29.8 Å². The van der Waals surface area contributed by atoms with E-state index in [1.54, 1.807) is 10.6 Å². The van der Waals surface area contributed by atoms with Gasteiger partial charge in [-0.15, -0.1) is 0 Å². The van der Waals surface area contributed by atoms with Crippen LogP contribution in [0.5, 0.6) is 0 Å². The average molecular weight is 501 g/mol. The second-order valence-corrected chi connectivity index (χ2v) is 8.59. The van der Waals surface area contributed by atoms with Crippen molar-refractivity contribution in [3.8, 4) is 0 Å². The zero-order chi connectivity index (χ0) is 25.3. The van der Waals surface area contributed by atoms with E-state index in [0.29, 0.717) is 25.3 Å². The number of ether oxygens (including phenoxy) is 2. The predicted molar refractivity (Wildman–Crippen MR) is 125 cm³/mol. The SMILES string of the molecule is O=C(OCCN1CCOCC1)c1cc2c3ccccc3n(Cc3ccc(F)c(C(F)(F)F)c3)c2cn1. The summed E-state index contributed by atoms with van der Waals surface area (Å²) in [5.74, 6) is -1.86. The summed E-state index contributed by atoms with van der Waals surface area (Å²) >= 11 is 0. The molecular weight excluding hydrogens is 478 g/mol. The predicted octanol–water partition coefficient (Wildman–Crippen LogP) is 4.88. The summed E-state index contributed by atoms with van der Waals surface area (Å²) in [4.78, 5) is 19.1. The number of esters is 1. The molecule has 0 amide bonds. The fourth-order valence-electron chi connectivity index (χ4n) is 4.46. The first kappa shape index (κ1) is 24.2. The fraction of sp³-hybridized carbons (Fsp3) is 0.308. The van der Waals surface area contributed by atoms with Gasteiger partial charge >= 0.3 is 12.1 Å². The van der Waals surface area contributed by atoms with E-state index < -0.39 is 23.5 Å². The average Bonchev–Trinajstić information content (AvgIpc) is 3.18. The third-order valence-electron chi connectivity index (χ3n) is 6.29. The Balaban J connectivity index is 1.43. The molecule has 0 spiro atoms. The van der Waals surface area contributed by atoms with Crippen molar-refractivity contribution in [3.05, 3.63) is 77.4 Å². The molecular formula is C26H23F4N3O3. The van der Waals surface area contributed by atoms with E-state index in [2.05, 4.69) is 9.88 Å². The van der Waals surface area contributed by atoms with Crippen molar-refractivity contribution in [2.45, 2.75) is 12.7 Å². The van der Waals surface area contributed by atoms with Crippen molar-refractivity contribution in [2.24, 2.45) is 0 Å². The number of nitrogens with zero attached hydrogens (tertiary/aromatic N) is 3. The Labute approximate surface area is 204 Å². The summed E-state index contributed by atoms with van der Waals surface area (Å²) < 4.78 is 66.0. The van der Waals surface area contributed by atoms with E-state index in [9.17, 15) is 22.4 Å². The van der Waals surface area contributed by atoms with Crippen LogP contribution in [0.15, 0.2) is 54.7 Å². The lowest BCUT2D eigenvalue weighted by Crippen LogP contribution is -2.38. The van der Waals surface area contributed by atoms with Gasteiger partial charge in [0.25, 0.3) is 0 Å². The van der Waals surface area contributed by atoms with Gasteiger partial charge in [-0.3, -0.25) is 4.90 Å². The Hall–Kier alpha value is -3.50. The normalized spacial score (nSPS) is 15.0. The molecule has 0 aliphatic carbocycles. The summed E-state index contributed by atoms with van der Waals surface area (Å²) in [6.45, 7) is 3.80. The monoisotopic (exact) mass is 501 g/mol. The van der Waals surface area contributed by atoms with E-state index >= 15 is 0 Å². The van der Waals surface area contributed by atoms with Gasteiger partial charge in [0.05, 0.1) is 30.5 Å². The standard InChI is InChI=1S/C26H23F4N3O3/c27-21-6-5-17(13-20(21)26(28,29)30)16-33-23-4-2-1-3-18(23)19-14-22(31-15-24(19)33)25(34)36-12-9-32-7-10-35-11-8-32/h1-6,13-15H,7-12,16H2. The van der Waals surface area contributed by atoms with Crippen LogP contribution in [0.4, 0.5) is 17.6 Å². The van der Waals surface area contributed by atoms with E-state index in [0.717, 1.165) is 41.5 Å². The van der Waals surface area contributed by atoms with Crippen LogP contribution in [0.2, 0.25) is 0 Å². The molecule has 0 N–H and O–H groups in total. The highest BCUT2D eigenvalue weighted by molar-refractivity contribution is 6.09. The minimum atomic E-state index is -4.79. The second kappa shape index (κ2) is 9.87. The molecule has 4 aromatic rings. The molecule has 0 unspecified atom stereocenters. The molecule has 0 bridgehead atoms. The van der Waals surface area contributed by atoms with E-state index in [4.69, 9.17) is 9.47 Å². The molecule has 6 nitrogen and oxygen atoms in total. The first-order valence-electron chi connectivity index (χ1n) is 11.5. The number of fused-ring (bicyclic) bond motifs is 3. The summed E-state index contributed by atoms with van der Waals surface area (Å²) in [5, 5.41) is 1.54. The molecule has 1 saturated heterocycles. The number of morpholine rings is 1. The van der Waals surface area contributed by atoms with Crippen LogP contribution in [-0.2, 0) is 22.2 Å². The minimum absolute atomic E-state index is 0.0679. The van der Waals surface area contributed by atoms with Gasteiger partial charge in [-0.2, -0.15) is 13.2 Å². The molecule has 36 heavy (non-hydrogen) atoms. The zero-order valence-electron chi connectivity index (χ0n) is 19.2. The largest absolute Gasteiger partial charge is 0.460 e. The van der Waals surface area contributed by atoms with Crippen LogP contribution in [0.25, 0.3) is 21.8 Å². The number of benzene rings is 2. The van der Waals surface area contributed by atoms with Crippen molar-refractivity contribution in [1.82, 2.24) is 14.5 Å². The zero-order valence-corrected chi connectivity index (χ0v) is 19.2. The highest BCUT2D eigenvalue weighted by Crippen LogP contribution is 2.34. The molecule has 188 valence electrons. The van der Waals surface area contributed by atoms with Gasteiger partial charge in [0.2, 0.25) is 0 Å². The Morgan fingerprint density at radius 2 is 1.81 bits per heavy atom. The number of carbonyl (C=O) groups is 1. The number of halogens is 4. The number of pyridine rings is 1. The fourth-order valence-corrected chi connectivity index (χ4v) is 4.46. The molecule has 1 aliphatic rings. The van der Waals surface area contributed by atoms with Crippen LogP contribution >= 0.6 is 0 Å². The van der Waals surface area contributed by atoms with Gasteiger partial charge in [0.1, 0.15) is 18.1 Å². The van der Waals surface area contributed by atoms with Gasteiger partial charge < -0.3 is 14.0 Å². The van der Waals surface area contributed by atoms with E-state index in [1.165, 1.54) is 12.3 Å². The molecule has 5 rings (SSSR count). The maximum absolute atomic E-state index is 13.8. The Morgan fingerprint density at radius 3 is 2.58 bits per heavy atom. The molecule has 10 heteroatoms. The van der Waals surface area contributed by atoms with Crippen molar-refractivity contribution in [1.29, 1.82) is 0 Å². The number of para-hydroxylation sites is 1. The highest BCUT2D eigenvalue weighted by atomic mass is 19.4. The van der Waals surface area contributed by atoms with Gasteiger partial charge in [0, 0.05) is 42.5 Å². The first-order valence-corrected chi connectivity index (χ1v) is 11.5. The van der Waals surface area contributed by atoms with Crippen LogP contribution in [0.3, 0.4) is 0 Å². The summed E-state index contributed by atoms with van der Waals surface area (Å²) in [6, 6.07) is 12.0. The van der Waals surface area contributed by atoms with Crippen LogP contribution in [0.1, 0.15) is 21.6 Å². The topological polar surface area (TPSA) is 56.6 Å². The van der Waals surface area contributed by atoms with Crippen molar-refractivity contribution in [3.63, 3.8) is 0 Å². The number of carbonyl (C=O) groups excluding carboxylic acids is 1. The molecule has 2 aromatic heterocycles.